The van der Waals surface area contributed by atoms with E-state index in [4.69, 9.17) is 35.8 Å². The molecule has 3 aromatic heterocycles. The van der Waals surface area contributed by atoms with Gasteiger partial charge in [0.2, 0.25) is 5.75 Å². The number of benzene rings is 2. The van der Waals surface area contributed by atoms with Gasteiger partial charge in [0.25, 0.3) is 5.88 Å². The summed E-state index contributed by atoms with van der Waals surface area (Å²) in [6.45, 7) is 1.72. The molecule has 0 spiro atoms. The van der Waals surface area contributed by atoms with Crippen LogP contribution in [0.4, 0.5) is 4.39 Å². The van der Waals surface area contributed by atoms with Gasteiger partial charge in [-0.3, -0.25) is 14.5 Å². The summed E-state index contributed by atoms with van der Waals surface area (Å²) in [5.41, 5.74) is 3.36. The molecule has 0 saturated carbocycles. The number of hydrogen-bond acceptors (Lipinski definition) is 8. The van der Waals surface area contributed by atoms with Gasteiger partial charge in [-0.15, -0.1) is 0 Å². The molecule has 0 bridgehead atoms. The lowest BCUT2D eigenvalue weighted by molar-refractivity contribution is -0.107. The Labute approximate surface area is 232 Å². The van der Waals surface area contributed by atoms with Crippen molar-refractivity contribution in [2.24, 2.45) is 0 Å². The first-order chi connectivity index (χ1) is 19.5. The summed E-state index contributed by atoms with van der Waals surface area (Å²) in [5.74, 6) is -0.260. The molecule has 1 atom stereocenters. The van der Waals surface area contributed by atoms with Crippen LogP contribution in [0.5, 0.6) is 11.6 Å². The van der Waals surface area contributed by atoms with E-state index in [1.807, 2.05) is 12.3 Å². The number of methoxy groups -OCH3 is 1. The quantitative estimate of drug-likeness (QED) is 0.139. The Hall–Kier alpha value is -4.48. The fourth-order valence-electron chi connectivity index (χ4n) is 4.35. The minimum Gasteiger partial charge on any atom is -0.465 e. The van der Waals surface area contributed by atoms with Crippen molar-refractivity contribution >= 4 is 28.6 Å². The summed E-state index contributed by atoms with van der Waals surface area (Å²) in [6.07, 6.45) is 4.57. The van der Waals surface area contributed by atoms with Crippen LogP contribution in [0.3, 0.4) is 0 Å². The highest BCUT2D eigenvalue weighted by Crippen LogP contribution is 2.25. The fourth-order valence-corrected chi connectivity index (χ4v) is 4.51. The van der Waals surface area contributed by atoms with Crippen LogP contribution in [-0.4, -0.2) is 50.1 Å². The fraction of sp³-hybridized carbons (Fsp3) is 0.214. The van der Waals surface area contributed by atoms with Crippen LogP contribution in [0.15, 0.2) is 67.0 Å². The summed E-state index contributed by atoms with van der Waals surface area (Å²) in [4.78, 5) is 31.7. The number of pyridine rings is 1. The summed E-state index contributed by atoms with van der Waals surface area (Å²) < 4.78 is 28.4. The maximum Gasteiger partial charge on any atom is 0.337 e. The van der Waals surface area contributed by atoms with Gasteiger partial charge in [-0.25, -0.2) is 19.2 Å². The van der Waals surface area contributed by atoms with Gasteiger partial charge < -0.3 is 14.0 Å². The van der Waals surface area contributed by atoms with Gasteiger partial charge in [-0.1, -0.05) is 17.7 Å². The molecule has 0 aliphatic carbocycles. The monoisotopic (exact) mass is 563 g/mol. The van der Waals surface area contributed by atoms with E-state index in [1.54, 1.807) is 41.2 Å². The van der Waals surface area contributed by atoms with Gasteiger partial charge in [0.15, 0.2) is 5.82 Å². The molecule has 0 unspecified atom stereocenters. The zero-order valence-corrected chi connectivity index (χ0v) is 22.0. The van der Waals surface area contributed by atoms with E-state index in [0.29, 0.717) is 24.3 Å². The molecule has 10 nitrogen and oxygen atoms in total. The number of fused-ring (bicyclic) bond motifs is 1. The number of imidazole rings is 1. The molecule has 0 N–H and O–H groups in total. The second-order valence-corrected chi connectivity index (χ2v) is 9.58. The molecule has 0 amide bonds. The van der Waals surface area contributed by atoms with Gasteiger partial charge >= 0.3 is 5.97 Å². The third-order valence-electron chi connectivity index (χ3n) is 6.49. The Morgan fingerprint density at radius 2 is 2.02 bits per heavy atom. The number of hydrogen-bond donors (Lipinski definition) is 0. The van der Waals surface area contributed by atoms with Crippen molar-refractivity contribution in [1.29, 1.82) is 0 Å². The van der Waals surface area contributed by atoms with Crippen molar-refractivity contribution in [3.8, 4) is 22.9 Å². The van der Waals surface area contributed by atoms with E-state index < -0.39 is 11.8 Å². The van der Waals surface area contributed by atoms with E-state index in [-0.39, 0.29) is 22.8 Å². The molecular weight excluding hydrogens is 541 g/mol. The second-order valence-electron chi connectivity index (χ2n) is 9.14. The van der Waals surface area contributed by atoms with Gasteiger partial charge in [0.05, 0.1) is 54.8 Å². The number of nitrogens with zero attached hydrogens (tertiary/aromatic N) is 5. The molecule has 4 heterocycles. The lowest BCUT2D eigenvalue weighted by Crippen LogP contribution is -2.32. The first-order valence-corrected chi connectivity index (χ1v) is 12.8. The molecule has 5 aromatic rings. The van der Waals surface area contributed by atoms with E-state index in [9.17, 15) is 9.18 Å². The van der Waals surface area contributed by atoms with Crippen LogP contribution in [0, 0.1) is 5.82 Å². The maximum atomic E-state index is 14.0. The largest absolute Gasteiger partial charge is 0.465 e. The van der Waals surface area contributed by atoms with Crippen molar-refractivity contribution in [1.82, 2.24) is 24.3 Å². The molecule has 40 heavy (non-hydrogen) atoms. The van der Waals surface area contributed by atoms with Crippen molar-refractivity contribution in [2.45, 2.75) is 25.6 Å². The van der Waals surface area contributed by atoms with Gasteiger partial charge in [0.1, 0.15) is 5.82 Å². The Balaban J connectivity index is 1.22. The Morgan fingerprint density at radius 1 is 1.15 bits per heavy atom. The Bertz CT molecular complexity index is 1700. The SMILES string of the molecule is COC(=O)c1ccc2nc(Cn3cc(-c4cccc(OOc5ccc(Cl)cc5F)n4)cn3)n(C[C@@H]3CCO3)c2c1. The molecule has 1 fully saturated rings. The maximum absolute atomic E-state index is 14.0. The zero-order chi connectivity index (χ0) is 27.6. The van der Waals surface area contributed by atoms with Gasteiger partial charge in [-0.2, -0.15) is 5.10 Å². The molecule has 204 valence electrons. The number of halogens is 2. The minimum atomic E-state index is -0.652. The number of aromatic nitrogens is 5. The Morgan fingerprint density at radius 3 is 2.80 bits per heavy atom. The van der Waals surface area contributed by atoms with E-state index in [0.717, 1.165) is 41.5 Å². The topological polar surface area (TPSA) is 103 Å². The number of esters is 1. The molecule has 1 aliphatic rings. The number of carbonyl (C=O) groups excluding carboxylic acids is 1. The average molecular weight is 564 g/mol. The smallest absolute Gasteiger partial charge is 0.337 e. The predicted molar refractivity (Wildman–Crippen MR) is 143 cm³/mol. The first-order valence-electron chi connectivity index (χ1n) is 12.5. The third kappa shape index (κ3) is 5.33. The molecule has 6 rings (SSSR count). The van der Waals surface area contributed by atoms with E-state index in [2.05, 4.69) is 14.6 Å². The summed E-state index contributed by atoms with van der Waals surface area (Å²) in [6, 6.07) is 14.4. The van der Waals surface area contributed by atoms with Crippen LogP contribution in [0.25, 0.3) is 22.3 Å². The summed E-state index contributed by atoms with van der Waals surface area (Å²) in [5, 5.41) is 4.75. The molecule has 1 saturated heterocycles. The van der Waals surface area contributed by atoms with Gasteiger partial charge in [-0.05, 0) is 48.9 Å². The summed E-state index contributed by atoms with van der Waals surface area (Å²) in [7, 11) is 1.36. The second kappa shape index (κ2) is 10.9. The van der Waals surface area contributed by atoms with E-state index >= 15 is 0 Å². The van der Waals surface area contributed by atoms with Crippen molar-refractivity contribution in [3.05, 3.63) is 89.2 Å². The van der Waals surface area contributed by atoms with Crippen molar-refractivity contribution < 1.29 is 28.4 Å². The number of ether oxygens (including phenoxy) is 2. The number of carbonyl (C=O) groups is 1. The van der Waals surface area contributed by atoms with Gasteiger partial charge in [0, 0.05) is 29.5 Å². The minimum absolute atomic E-state index is 0.0848. The van der Waals surface area contributed by atoms with Crippen LogP contribution < -0.4 is 9.78 Å². The Kier molecular flexibility index (Phi) is 7.06. The van der Waals surface area contributed by atoms with Crippen molar-refractivity contribution in [2.75, 3.05) is 13.7 Å². The molecular formula is C28H23ClFN5O5. The third-order valence-corrected chi connectivity index (χ3v) is 6.73. The molecule has 2 aromatic carbocycles. The molecule has 12 heteroatoms. The lowest BCUT2D eigenvalue weighted by Gasteiger charge is -2.27. The highest BCUT2D eigenvalue weighted by atomic mass is 35.5. The normalized spacial score (nSPS) is 14.6. The predicted octanol–water partition coefficient (Wildman–Crippen LogP) is 5.08. The van der Waals surface area contributed by atoms with Crippen LogP contribution in [-0.2, 0) is 22.6 Å². The van der Waals surface area contributed by atoms with Crippen LogP contribution in [0.1, 0.15) is 22.6 Å². The highest BCUT2D eigenvalue weighted by Gasteiger charge is 2.23. The highest BCUT2D eigenvalue weighted by molar-refractivity contribution is 6.30. The first kappa shape index (κ1) is 25.8. The van der Waals surface area contributed by atoms with Crippen LogP contribution in [0.2, 0.25) is 5.02 Å². The van der Waals surface area contributed by atoms with Crippen LogP contribution >= 0.6 is 11.6 Å². The lowest BCUT2D eigenvalue weighted by atomic mass is 10.1. The average Bonchev–Trinajstić information content (AvgIpc) is 3.54. The van der Waals surface area contributed by atoms with E-state index in [1.165, 1.54) is 19.2 Å². The van der Waals surface area contributed by atoms with Crippen molar-refractivity contribution in [3.63, 3.8) is 0 Å². The molecule has 1 aliphatic heterocycles. The standard InChI is InChI=1S/C28H23ClFN5O5/c1-37-28(36)17-5-7-23-24(11-17)35(15-20-9-10-38-20)26(32-23)16-34-14-18(13-31-34)22-3-2-4-27(33-22)40-39-25-8-6-19(29)12-21(25)30/h2-8,11-14,20H,9-10,15-16H2,1H3/t20-/m0/s1. The molecule has 0 radical (unpaired) electrons. The zero-order valence-electron chi connectivity index (χ0n) is 21.3. The summed E-state index contributed by atoms with van der Waals surface area (Å²) >= 11 is 5.78. The number of rotatable bonds is 9.